The number of nitrogens with one attached hydrogen (secondary N) is 2. The third-order valence-corrected chi connectivity index (χ3v) is 11.1. The average Bonchev–Trinajstić information content (AvgIpc) is 3.60. The van der Waals surface area contributed by atoms with Gasteiger partial charge in [-0.25, -0.2) is 19.3 Å². The van der Waals surface area contributed by atoms with Crippen LogP contribution in [0.15, 0.2) is 24.8 Å². The number of rotatable bonds is 21. The van der Waals surface area contributed by atoms with Crippen LogP contribution in [0.2, 0.25) is 0 Å². The standard InChI is InChI=1S/C26H42N7O17P3S/c1-14(2)9-17(35)54-8-7-28-16(34)5-6-29-24(38)21(37)26(3,4)11-47-53(44,45)50-52(42,43)46-10-15-20(49-51(39,40)41)19(36)25(48-15)33-13-32-18-22(27)30-12-31-23(18)33/h12-13,15,19-21,25,36-37H,1,5-11H2,2-4H3,(H,28,34)(H,29,38)(H,42,43)(H,44,45)(H2,27,30,31)(H2,39,40,41)/p-4/t15-,19-,20-,21+,25-/m1/s1. The number of phosphoric acid groups is 3. The van der Waals surface area contributed by atoms with Gasteiger partial charge in [-0.15, -0.1) is 0 Å². The van der Waals surface area contributed by atoms with Crippen molar-refractivity contribution in [3.63, 3.8) is 0 Å². The first-order chi connectivity index (χ1) is 24.9. The summed E-state index contributed by atoms with van der Waals surface area (Å²) in [5.74, 6) is -1.24. The van der Waals surface area contributed by atoms with Crippen molar-refractivity contribution in [1.29, 1.82) is 0 Å². The number of anilines is 1. The molecule has 0 saturated carbocycles. The lowest BCUT2D eigenvalue weighted by molar-refractivity contribution is -0.347. The van der Waals surface area contributed by atoms with Crippen LogP contribution in [0.4, 0.5) is 5.82 Å². The van der Waals surface area contributed by atoms with Crippen LogP contribution in [0.25, 0.3) is 11.2 Å². The number of thioether (sulfide) groups is 1. The number of amides is 2. The lowest BCUT2D eigenvalue weighted by atomic mass is 9.87. The third kappa shape index (κ3) is 13.8. The molecule has 0 aromatic carbocycles. The Labute approximate surface area is 311 Å². The zero-order valence-electron chi connectivity index (χ0n) is 28.8. The summed E-state index contributed by atoms with van der Waals surface area (Å²) < 4.78 is 60.4. The Balaban J connectivity index is 1.51. The molecule has 0 spiro atoms. The minimum absolute atomic E-state index is 0.0224. The molecule has 54 heavy (non-hydrogen) atoms. The van der Waals surface area contributed by atoms with E-state index in [1.807, 2.05) is 0 Å². The van der Waals surface area contributed by atoms with Crippen LogP contribution >= 0.6 is 35.2 Å². The fourth-order valence-corrected chi connectivity index (χ4v) is 8.09. The smallest absolute Gasteiger partial charge is 0.274 e. The van der Waals surface area contributed by atoms with E-state index in [1.165, 1.54) is 13.8 Å². The maximum atomic E-state index is 12.5. The number of fused-ring (bicyclic) bond motifs is 1. The quantitative estimate of drug-likeness (QED) is 0.0478. The van der Waals surface area contributed by atoms with Gasteiger partial charge >= 0.3 is 0 Å². The Kier molecular flexibility index (Phi) is 16.0. The van der Waals surface area contributed by atoms with Crippen molar-refractivity contribution < 1.29 is 80.5 Å². The predicted molar refractivity (Wildman–Crippen MR) is 178 cm³/mol. The molecule has 0 aliphatic carbocycles. The zero-order chi connectivity index (χ0) is 40.6. The minimum atomic E-state index is -5.91. The molecule has 3 heterocycles. The topological polar surface area (TPSA) is 375 Å². The molecule has 7 atom stereocenters. The number of aromatic nitrogens is 4. The van der Waals surface area contributed by atoms with E-state index in [9.17, 15) is 57.9 Å². The molecule has 6 N–H and O–H groups in total. The van der Waals surface area contributed by atoms with Gasteiger partial charge in [0.25, 0.3) is 15.6 Å². The summed E-state index contributed by atoms with van der Waals surface area (Å²) in [7, 11) is -17.6. The molecule has 3 rings (SSSR count). The van der Waals surface area contributed by atoms with Crippen molar-refractivity contribution >= 4 is 69.1 Å². The Morgan fingerprint density at radius 2 is 1.78 bits per heavy atom. The number of nitrogens with two attached hydrogens (primary N) is 1. The summed E-state index contributed by atoms with van der Waals surface area (Å²) in [6, 6.07) is 0. The van der Waals surface area contributed by atoms with Gasteiger partial charge in [0.15, 0.2) is 22.8 Å². The molecule has 0 bridgehead atoms. The number of aliphatic hydroxyl groups excluding tert-OH is 2. The van der Waals surface area contributed by atoms with E-state index in [4.69, 9.17) is 10.5 Å². The van der Waals surface area contributed by atoms with Gasteiger partial charge in [-0.3, -0.25) is 28.1 Å². The van der Waals surface area contributed by atoms with E-state index in [0.717, 1.165) is 29.0 Å². The molecule has 24 nitrogen and oxygen atoms in total. The summed E-state index contributed by atoms with van der Waals surface area (Å²) in [5.41, 5.74) is 4.77. The largest absolute Gasteiger partial charge is 0.790 e. The number of hydrogen-bond acceptors (Lipinski definition) is 22. The van der Waals surface area contributed by atoms with Gasteiger partial charge < -0.3 is 69.0 Å². The van der Waals surface area contributed by atoms with Crippen molar-refractivity contribution in [1.82, 2.24) is 30.2 Å². The van der Waals surface area contributed by atoms with Gasteiger partial charge in [-0.2, -0.15) is 0 Å². The fourth-order valence-electron chi connectivity index (χ4n) is 4.57. The molecule has 1 saturated heterocycles. The Hall–Kier alpha value is -2.70. The molecule has 2 unspecified atom stereocenters. The van der Waals surface area contributed by atoms with Gasteiger partial charge in [0, 0.05) is 37.1 Å². The van der Waals surface area contributed by atoms with Crippen molar-refractivity contribution in [3.05, 3.63) is 24.8 Å². The highest BCUT2D eigenvalue weighted by molar-refractivity contribution is 8.13. The molecule has 2 aromatic heterocycles. The zero-order valence-corrected chi connectivity index (χ0v) is 32.3. The van der Waals surface area contributed by atoms with E-state index in [2.05, 4.69) is 50.0 Å². The Bertz CT molecular complexity index is 1830. The van der Waals surface area contributed by atoms with Crippen molar-refractivity contribution in [3.8, 4) is 0 Å². The number of ether oxygens (including phenoxy) is 1. The van der Waals surface area contributed by atoms with Crippen LogP contribution in [-0.4, -0.2) is 103 Å². The lowest BCUT2D eigenvalue weighted by Gasteiger charge is -2.36. The first-order valence-corrected chi connectivity index (χ1v) is 20.9. The van der Waals surface area contributed by atoms with Crippen LogP contribution in [-0.2, 0) is 50.7 Å². The van der Waals surface area contributed by atoms with Crippen LogP contribution in [0.5, 0.6) is 0 Å². The van der Waals surface area contributed by atoms with Crippen LogP contribution < -0.4 is 35.9 Å². The molecule has 1 aliphatic heterocycles. The number of hydrogen-bond donors (Lipinski definition) is 5. The van der Waals surface area contributed by atoms with E-state index in [1.54, 1.807) is 6.92 Å². The summed E-state index contributed by atoms with van der Waals surface area (Å²) in [6.07, 6.45) is -7.38. The Morgan fingerprint density at radius 3 is 2.43 bits per heavy atom. The average molecular weight is 846 g/mol. The second-order valence-electron chi connectivity index (χ2n) is 12.3. The molecule has 1 fully saturated rings. The molecule has 2 amide bonds. The number of imidazole rings is 1. The number of nitrogen functional groups attached to an aromatic ring is 1. The second-order valence-corrected chi connectivity index (χ2v) is 17.6. The van der Waals surface area contributed by atoms with Crippen molar-refractivity contribution in [2.75, 3.05) is 37.8 Å². The molecule has 0 radical (unpaired) electrons. The van der Waals surface area contributed by atoms with Crippen molar-refractivity contribution in [2.24, 2.45) is 5.41 Å². The van der Waals surface area contributed by atoms with Crippen LogP contribution in [0.3, 0.4) is 0 Å². The molecule has 1 aliphatic rings. The summed E-state index contributed by atoms with van der Waals surface area (Å²) >= 11 is 1.03. The summed E-state index contributed by atoms with van der Waals surface area (Å²) in [5, 5.41) is 26.0. The highest BCUT2D eigenvalue weighted by atomic mass is 32.2. The van der Waals surface area contributed by atoms with Gasteiger partial charge in [-0.05, 0) is 6.92 Å². The summed E-state index contributed by atoms with van der Waals surface area (Å²) in [4.78, 5) is 95.4. The SMILES string of the molecule is C=C(C)CC(=O)SCCNC(=O)CCNC(=O)[C@H](O)C(C)(C)COP(=O)([O-])OP(=O)([O-])OC[C@H]1O[C@@H](n2cnc3c(N)ncnc32)[C@H](O)[C@@H]1OP(=O)([O-])[O-]. The maximum absolute atomic E-state index is 12.5. The van der Waals surface area contributed by atoms with E-state index >= 15 is 0 Å². The van der Waals surface area contributed by atoms with E-state index in [0.29, 0.717) is 11.3 Å². The van der Waals surface area contributed by atoms with Crippen molar-refractivity contribution in [2.45, 2.75) is 64.3 Å². The lowest BCUT2D eigenvalue weighted by Crippen LogP contribution is -2.46. The predicted octanol–water partition coefficient (Wildman–Crippen LogP) is -2.90. The van der Waals surface area contributed by atoms with E-state index in [-0.39, 0.29) is 48.0 Å². The number of nitrogens with zero attached hydrogens (tertiary/aromatic N) is 4. The van der Waals surface area contributed by atoms with Gasteiger partial charge in [0.2, 0.25) is 11.8 Å². The molecule has 304 valence electrons. The number of allylic oxidation sites excluding steroid dienone is 1. The number of carbonyl (C=O) groups is 3. The van der Waals surface area contributed by atoms with Crippen LogP contribution in [0, 0.1) is 5.41 Å². The highest BCUT2D eigenvalue weighted by Crippen LogP contribution is 2.56. The Morgan fingerprint density at radius 1 is 1.11 bits per heavy atom. The van der Waals surface area contributed by atoms with E-state index < -0.39 is 84.6 Å². The van der Waals surface area contributed by atoms with Gasteiger partial charge in [0.05, 0.1) is 27.4 Å². The third-order valence-electron chi connectivity index (χ3n) is 7.19. The number of phosphoric ester groups is 3. The normalized spacial score (nSPS) is 21.9. The monoisotopic (exact) mass is 845 g/mol. The van der Waals surface area contributed by atoms with Gasteiger partial charge in [0.1, 0.15) is 36.3 Å². The molecule has 28 heteroatoms. The number of carbonyl (C=O) groups excluding carboxylic acids is 3. The molecule has 2 aromatic rings. The fraction of sp³-hybridized carbons (Fsp3) is 0.615. The number of aliphatic hydroxyl groups is 2. The minimum Gasteiger partial charge on any atom is -0.790 e. The maximum Gasteiger partial charge on any atom is 0.274 e. The first kappa shape index (κ1) is 45.7. The highest BCUT2D eigenvalue weighted by Gasteiger charge is 2.47. The summed E-state index contributed by atoms with van der Waals surface area (Å²) in [6.45, 7) is 5.43. The van der Waals surface area contributed by atoms with Crippen LogP contribution in [0.1, 0.15) is 39.8 Å². The molecular formula is C26H38N7O17P3S-4. The second kappa shape index (κ2) is 19.0. The van der Waals surface area contributed by atoms with Gasteiger partial charge in [-0.1, -0.05) is 37.8 Å². The molecular weight excluding hydrogens is 807 g/mol. The first-order valence-electron chi connectivity index (χ1n) is 15.5.